The Bertz CT molecular complexity index is 322. The summed E-state index contributed by atoms with van der Waals surface area (Å²) in [6.07, 6.45) is 12.6. The van der Waals surface area contributed by atoms with Gasteiger partial charge in [-0.2, -0.15) is 0 Å². The van der Waals surface area contributed by atoms with Crippen molar-refractivity contribution in [3.63, 3.8) is 0 Å². The lowest BCUT2D eigenvalue weighted by Crippen LogP contribution is -2.51. The van der Waals surface area contributed by atoms with Gasteiger partial charge in [-0.05, 0) is 37.9 Å². The highest BCUT2D eigenvalue weighted by atomic mass is 32.2. The Kier molecular flexibility index (Phi) is 3.88. The predicted octanol–water partition coefficient (Wildman–Crippen LogP) is 4.39. The van der Waals surface area contributed by atoms with Crippen LogP contribution in [0.5, 0.6) is 0 Å². The van der Waals surface area contributed by atoms with Crippen molar-refractivity contribution in [3.05, 3.63) is 0 Å². The summed E-state index contributed by atoms with van der Waals surface area (Å²) in [6.45, 7) is 2.19. The molecule has 102 valence electrons. The molecule has 1 aliphatic heterocycles. The van der Waals surface area contributed by atoms with Crippen molar-refractivity contribution >= 4 is 17.0 Å². The van der Waals surface area contributed by atoms with E-state index in [1.807, 2.05) is 0 Å². The maximum Gasteiger partial charge on any atom is 0.246 e. The Balaban J connectivity index is 1.87. The number of aliphatic imine (C=N–C) groups is 1. The predicted molar refractivity (Wildman–Crippen MR) is 78.2 cm³/mol. The van der Waals surface area contributed by atoms with E-state index < -0.39 is 0 Å². The zero-order valence-electron chi connectivity index (χ0n) is 11.5. The minimum Gasteiger partial charge on any atom is -0.469 e. The van der Waals surface area contributed by atoms with Gasteiger partial charge in [-0.15, -0.1) is 0 Å². The molecule has 0 amide bonds. The summed E-state index contributed by atoms with van der Waals surface area (Å²) in [6, 6.07) is 0. The van der Waals surface area contributed by atoms with Crippen molar-refractivity contribution in [2.45, 2.75) is 76.4 Å². The zero-order valence-corrected chi connectivity index (χ0v) is 12.3. The van der Waals surface area contributed by atoms with Crippen LogP contribution < -0.4 is 0 Å². The number of fused-ring (bicyclic) bond motifs is 2. The largest absolute Gasteiger partial charge is 0.469 e. The topological polar surface area (TPSA) is 21.6 Å². The van der Waals surface area contributed by atoms with Crippen molar-refractivity contribution in [1.82, 2.24) is 0 Å². The quantitative estimate of drug-likeness (QED) is 0.703. The highest BCUT2D eigenvalue weighted by Crippen LogP contribution is 2.48. The SMILES string of the molecule is CCSC1=NC2(CCCCC2)[C@@H]2CCCC[C@H]2O1. The second kappa shape index (κ2) is 5.44. The van der Waals surface area contributed by atoms with Gasteiger partial charge in [0.1, 0.15) is 6.10 Å². The molecule has 2 aliphatic carbocycles. The van der Waals surface area contributed by atoms with Crippen molar-refractivity contribution in [1.29, 1.82) is 0 Å². The standard InChI is InChI=1S/C15H25NOS/c1-2-18-14-16-15(10-6-3-7-11-15)12-8-4-5-9-13(12)17-14/h12-13H,2-11H2,1H3/t12-,13-/m1/s1. The lowest BCUT2D eigenvalue weighted by molar-refractivity contribution is 0.00300. The molecular weight excluding hydrogens is 242 g/mol. The molecule has 0 radical (unpaired) electrons. The normalized spacial score (nSPS) is 34.6. The van der Waals surface area contributed by atoms with E-state index in [0.29, 0.717) is 12.0 Å². The molecule has 18 heavy (non-hydrogen) atoms. The molecular formula is C15H25NOS. The summed E-state index contributed by atoms with van der Waals surface area (Å²) in [4.78, 5) is 5.10. The first-order valence-electron chi connectivity index (χ1n) is 7.73. The molecule has 3 aliphatic rings. The maximum absolute atomic E-state index is 6.17. The molecule has 0 saturated heterocycles. The Morgan fingerprint density at radius 2 is 1.94 bits per heavy atom. The molecule has 0 unspecified atom stereocenters. The highest BCUT2D eigenvalue weighted by Gasteiger charge is 2.48. The van der Waals surface area contributed by atoms with Gasteiger partial charge >= 0.3 is 0 Å². The van der Waals surface area contributed by atoms with Crippen LogP contribution in [0.15, 0.2) is 4.99 Å². The van der Waals surface area contributed by atoms with Crippen LogP contribution in [-0.2, 0) is 4.74 Å². The number of thioether (sulfide) groups is 1. The third-order valence-electron chi connectivity index (χ3n) is 4.95. The van der Waals surface area contributed by atoms with Gasteiger partial charge in [-0.25, -0.2) is 4.99 Å². The number of ether oxygens (including phenoxy) is 1. The van der Waals surface area contributed by atoms with E-state index in [1.165, 1.54) is 57.8 Å². The van der Waals surface area contributed by atoms with Gasteiger partial charge in [-0.1, -0.05) is 44.4 Å². The van der Waals surface area contributed by atoms with Crippen LogP contribution in [0.3, 0.4) is 0 Å². The zero-order chi connectivity index (χ0) is 12.4. The Labute approximate surface area is 115 Å². The van der Waals surface area contributed by atoms with Crippen molar-refractivity contribution in [2.75, 3.05) is 5.75 Å². The van der Waals surface area contributed by atoms with Crippen molar-refractivity contribution in [2.24, 2.45) is 10.9 Å². The van der Waals surface area contributed by atoms with Crippen LogP contribution in [0.4, 0.5) is 0 Å². The van der Waals surface area contributed by atoms with Crippen LogP contribution in [0.25, 0.3) is 0 Å². The first kappa shape index (κ1) is 12.8. The van der Waals surface area contributed by atoms with E-state index in [1.54, 1.807) is 11.8 Å². The van der Waals surface area contributed by atoms with Crippen LogP contribution >= 0.6 is 11.8 Å². The molecule has 0 bridgehead atoms. The monoisotopic (exact) mass is 267 g/mol. The Morgan fingerprint density at radius 3 is 2.72 bits per heavy atom. The van der Waals surface area contributed by atoms with Gasteiger partial charge in [-0.3, -0.25) is 0 Å². The summed E-state index contributed by atoms with van der Waals surface area (Å²) >= 11 is 1.80. The Morgan fingerprint density at radius 1 is 1.17 bits per heavy atom. The van der Waals surface area contributed by atoms with E-state index >= 15 is 0 Å². The summed E-state index contributed by atoms with van der Waals surface area (Å²) in [5.74, 6) is 1.79. The molecule has 0 aromatic rings. The maximum atomic E-state index is 6.17. The van der Waals surface area contributed by atoms with E-state index in [-0.39, 0.29) is 5.54 Å². The molecule has 1 spiro atoms. The second-order valence-electron chi connectivity index (χ2n) is 6.02. The van der Waals surface area contributed by atoms with E-state index in [2.05, 4.69) is 6.92 Å². The molecule has 1 heterocycles. The van der Waals surface area contributed by atoms with Crippen LogP contribution in [0.1, 0.15) is 64.7 Å². The molecule has 0 N–H and O–H groups in total. The molecule has 2 nitrogen and oxygen atoms in total. The fraction of sp³-hybridized carbons (Fsp3) is 0.933. The molecule has 0 aromatic carbocycles. The molecule has 3 rings (SSSR count). The van der Waals surface area contributed by atoms with E-state index in [0.717, 1.165) is 11.0 Å². The van der Waals surface area contributed by atoms with Crippen molar-refractivity contribution in [3.8, 4) is 0 Å². The van der Waals surface area contributed by atoms with E-state index in [4.69, 9.17) is 9.73 Å². The minimum atomic E-state index is 0.263. The van der Waals surface area contributed by atoms with Gasteiger partial charge in [0.05, 0.1) is 5.54 Å². The number of nitrogens with zero attached hydrogens (tertiary/aromatic N) is 1. The van der Waals surface area contributed by atoms with Gasteiger partial charge in [0.2, 0.25) is 5.23 Å². The van der Waals surface area contributed by atoms with Gasteiger partial charge < -0.3 is 4.74 Å². The molecule has 0 aromatic heterocycles. The Hall–Kier alpha value is -0.180. The minimum absolute atomic E-state index is 0.263. The summed E-state index contributed by atoms with van der Waals surface area (Å²) < 4.78 is 6.17. The lowest BCUT2D eigenvalue weighted by Gasteiger charge is -2.49. The molecule has 3 heteroatoms. The number of rotatable bonds is 1. The smallest absolute Gasteiger partial charge is 0.246 e. The van der Waals surface area contributed by atoms with Gasteiger partial charge in [0.15, 0.2) is 0 Å². The van der Waals surface area contributed by atoms with Gasteiger partial charge in [0, 0.05) is 5.92 Å². The fourth-order valence-electron chi connectivity index (χ4n) is 4.11. The first-order valence-corrected chi connectivity index (χ1v) is 8.72. The van der Waals surface area contributed by atoms with Crippen molar-refractivity contribution < 1.29 is 4.74 Å². The second-order valence-corrected chi connectivity index (χ2v) is 7.24. The molecule has 2 saturated carbocycles. The highest BCUT2D eigenvalue weighted by molar-refractivity contribution is 8.13. The van der Waals surface area contributed by atoms with Crippen LogP contribution in [0.2, 0.25) is 0 Å². The number of hydrogen-bond donors (Lipinski definition) is 0. The third-order valence-corrected chi connectivity index (χ3v) is 5.67. The summed E-state index contributed by atoms with van der Waals surface area (Å²) in [7, 11) is 0. The average Bonchev–Trinajstić information content (AvgIpc) is 2.40. The lowest BCUT2D eigenvalue weighted by atomic mass is 9.66. The van der Waals surface area contributed by atoms with Crippen LogP contribution in [-0.4, -0.2) is 22.6 Å². The van der Waals surface area contributed by atoms with Gasteiger partial charge in [0.25, 0.3) is 0 Å². The summed E-state index contributed by atoms with van der Waals surface area (Å²) in [5, 5.41) is 1.00. The fourth-order valence-corrected chi connectivity index (χ4v) is 4.79. The van der Waals surface area contributed by atoms with E-state index in [9.17, 15) is 0 Å². The van der Waals surface area contributed by atoms with Crippen LogP contribution in [0, 0.1) is 5.92 Å². The molecule has 2 atom stereocenters. The first-order chi connectivity index (χ1) is 8.84. The third kappa shape index (κ3) is 2.31. The molecule has 2 fully saturated rings. The number of hydrogen-bond acceptors (Lipinski definition) is 3. The average molecular weight is 267 g/mol. The summed E-state index contributed by atoms with van der Waals surface area (Å²) in [5.41, 5.74) is 0.263.